The molecular formula is C18H18ClN3O2. The van der Waals surface area contributed by atoms with Crippen LogP contribution in [0.2, 0.25) is 5.02 Å². The molecule has 0 fully saturated rings. The number of hydrogen-bond acceptors (Lipinski definition) is 4. The fourth-order valence-corrected chi connectivity index (χ4v) is 2.13. The number of rotatable bonds is 7. The van der Waals surface area contributed by atoms with Crippen LogP contribution < -0.4 is 10.7 Å². The van der Waals surface area contributed by atoms with E-state index < -0.39 is 0 Å². The molecule has 0 radical (unpaired) electrons. The van der Waals surface area contributed by atoms with Crippen LogP contribution in [0.25, 0.3) is 0 Å². The molecule has 2 aromatic carbocycles. The Labute approximate surface area is 145 Å². The molecule has 0 aliphatic carbocycles. The Balaban J connectivity index is 1.87. The number of anilines is 1. The van der Waals surface area contributed by atoms with Crippen molar-refractivity contribution in [1.82, 2.24) is 5.43 Å². The van der Waals surface area contributed by atoms with Gasteiger partial charge >= 0.3 is 0 Å². The number of hydrogen-bond donors (Lipinski definition) is 3. The lowest BCUT2D eigenvalue weighted by Gasteiger charge is -2.06. The number of hydrazone groups is 1. The maximum absolute atomic E-state index is 11.7. The highest BCUT2D eigenvalue weighted by Gasteiger charge is 2.04. The molecule has 0 heterocycles. The number of benzene rings is 2. The van der Waals surface area contributed by atoms with Crippen molar-refractivity contribution >= 4 is 29.4 Å². The van der Waals surface area contributed by atoms with E-state index in [-0.39, 0.29) is 18.2 Å². The van der Waals surface area contributed by atoms with E-state index in [0.29, 0.717) is 17.0 Å². The van der Waals surface area contributed by atoms with Gasteiger partial charge in [-0.2, -0.15) is 5.10 Å². The molecule has 0 spiro atoms. The van der Waals surface area contributed by atoms with Crippen LogP contribution in [0.1, 0.15) is 11.1 Å². The number of carbonyl (C=O) groups excluding carboxylic acids is 1. The van der Waals surface area contributed by atoms with Crippen LogP contribution in [0.4, 0.5) is 5.69 Å². The van der Waals surface area contributed by atoms with Crippen molar-refractivity contribution in [3.8, 4) is 5.75 Å². The number of phenols is 1. The Kier molecular flexibility index (Phi) is 6.40. The highest BCUT2D eigenvalue weighted by Crippen LogP contribution is 2.21. The van der Waals surface area contributed by atoms with Crippen LogP contribution in [0.5, 0.6) is 5.75 Å². The summed E-state index contributed by atoms with van der Waals surface area (Å²) in [4.78, 5) is 11.7. The standard InChI is InChI=1S/C18H18ClN3O2/c1-2-4-13-5-3-6-14(18(13)24)11-21-22-17(23)12-20-16-9-7-15(19)8-10-16/h2-3,5-11,20,24H,1,4,12H2,(H,22,23)/b21-11+. The number of para-hydroxylation sites is 1. The summed E-state index contributed by atoms with van der Waals surface area (Å²) in [5.41, 5.74) is 4.47. The SMILES string of the molecule is C=CCc1cccc(/C=N/NC(=O)CNc2ccc(Cl)cc2)c1O. The number of halogens is 1. The Hall–Kier alpha value is -2.79. The topological polar surface area (TPSA) is 73.7 Å². The third-order valence-electron chi connectivity index (χ3n) is 3.21. The van der Waals surface area contributed by atoms with E-state index in [1.807, 2.05) is 12.1 Å². The molecule has 6 heteroatoms. The molecule has 0 unspecified atom stereocenters. The predicted octanol–water partition coefficient (Wildman–Crippen LogP) is 3.34. The zero-order valence-corrected chi connectivity index (χ0v) is 13.8. The largest absolute Gasteiger partial charge is 0.507 e. The lowest BCUT2D eigenvalue weighted by atomic mass is 10.1. The number of carbonyl (C=O) groups is 1. The second-order valence-corrected chi connectivity index (χ2v) is 5.44. The first-order chi connectivity index (χ1) is 11.6. The molecule has 0 aliphatic heterocycles. The van der Waals surface area contributed by atoms with Gasteiger partial charge in [0.1, 0.15) is 5.75 Å². The third kappa shape index (κ3) is 5.14. The lowest BCUT2D eigenvalue weighted by Crippen LogP contribution is -2.25. The van der Waals surface area contributed by atoms with Crippen LogP contribution in [-0.4, -0.2) is 23.8 Å². The van der Waals surface area contributed by atoms with Gasteiger partial charge in [0.2, 0.25) is 0 Å². The van der Waals surface area contributed by atoms with Crippen molar-refractivity contribution in [3.05, 3.63) is 71.3 Å². The van der Waals surface area contributed by atoms with Crippen LogP contribution >= 0.6 is 11.6 Å². The molecule has 0 aliphatic rings. The second-order valence-electron chi connectivity index (χ2n) is 5.00. The molecule has 0 atom stereocenters. The van der Waals surface area contributed by atoms with E-state index in [1.165, 1.54) is 6.21 Å². The van der Waals surface area contributed by atoms with E-state index in [4.69, 9.17) is 11.6 Å². The smallest absolute Gasteiger partial charge is 0.259 e. The minimum Gasteiger partial charge on any atom is -0.507 e. The molecule has 0 saturated carbocycles. The van der Waals surface area contributed by atoms with Gasteiger partial charge in [0.25, 0.3) is 5.91 Å². The van der Waals surface area contributed by atoms with Crippen LogP contribution in [0.15, 0.2) is 60.2 Å². The fraction of sp³-hybridized carbons (Fsp3) is 0.111. The van der Waals surface area contributed by atoms with Crippen molar-refractivity contribution in [3.63, 3.8) is 0 Å². The first kappa shape index (κ1) is 17.6. The normalized spacial score (nSPS) is 10.5. The average molecular weight is 344 g/mol. The van der Waals surface area contributed by atoms with Gasteiger partial charge in [0, 0.05) is 16.3 Å². The van der Waals surface area contributed by atoms with Crippen LogP contribution in [0.3, 0.4) is 0 Å². The van der Waals surface area contributed by atoms with Gasteiger partial charge < -0.3 is 10.4 Å². The number of nitrogens with zero attached hydrogens (tertiary/aromatic N) is 1. The highest BCUT2D eigenvalue weighted by molar-refractivity contribution is 6.30. The quantitative estimate of drug-likeness (QED) is 0.410. The van der Waals surface area contributed by atoms with Gasteiger partial charge in [-0.1, -0.05) is 29.8 Å². The van der Waals surface area contributed by atoms with Gasteiger partial charge in [-0.15, -0.1) is 6.58 Å². The fourth-order valence-electron chi connectivity index (χ4n) is 2.00. The molecular weight excluding hydrogens is 326 g/mol. The highest BCUT2D eigenvalue weighted by atomic mass is 35.5. The van der Waals surface area contributed by atoms with Crippen molar-refractivity contribution in [2.24, 2.45) is 5.10 Å². The minimum atomic E-state index is -0.303. The summed E-state index contributed by atoms with van der Waals surface area (Å²) in [7, 11) is 0. The molecule has 5 nitrogen and oxygen atoms in total. The Morgan fingerprint density at radius 1 is 1.25 bits per heavy atom. The molecule has 2 aromatic rings. The lowest BCUT2D eigenvalue weighted by molar-refractivity contribution is -0.119. The molecule has 2 rings (SSSR count). The molecule has 0 aromatic heterocycles. The minimum absolute atomic E-state index is 0.0709. The van der Waals surface area contributed by atoms with Gasteiger partial charge in [-0.05, 0) is 42.3 Å². The number of phenolic OH excluding ortho intramolecular Hbond substituents is 1. The average Bonchev–Trinajstić information content (AvgIpc) is 2.58. The van der Waals surface area contributed by atoms with Crippen LogP contribution in [-0.2, 0) is 11.2 Å². The molecule has 3 N–H and O–H groups in total. The predicted molar refractivity (Wildman–Crippen MR) is 97.7 cm³/mol. The Bertz CT molecular complexity index is 742. The van der Waals surface area contributed by atoms with E-state index in [1.54, 1.807) is 36.4 Å². The number of nitrogens with one attached hydrogen (secondary N) is 2. The summed E-state index contributed by atoms with van der Waals surface area (Å²) in [5.74, 6) is -0.169. The second kappa shape index (κ2) is 8.74. The van der Waals surface area contributed by atoms with E-state index in [0.717, 1.165) is 11.3 Å². The van der Waals surface area contributed by atoms with E-state index in [2.05, 4.69) is 22.4 Å². The van der Waals surface area contributed by atoms with Gasteiger partial charge in [-0.25, -0.2) is 5.43 Å². The van der Waals surface area contributed by atoms with Gasteiger partial charge in [0.15, 0.2) is 0 Å². The molecule has 0 bridgehead atoms. The maximum Gasteiger partial charge on any atom is 0.259 e. The van der Waals surface area contributed by atoms with Crippen LogP contribution in [0, 0.1) is 0 Å². The molecule has 1 amide bonds. The summed E-state index contributed by atoms with van der Waals surface area (Å²) < 4.78 is 0. The third-order valence-corrected chi connectivity index (χ3v) is 3.46. The summed E-state index contributed by atoms with van der Waals surface area (Å²) in [6.45, 7) is 3.72. The zero-order valence-electron chi connectivity index (χ0n) is 13.0. The summed E-state index contributed by atoms with van der Waals surface area (Å²) >= 11 is 5.79. The maximum atomic E-state index is 11.7. The Morgan fingerprint density at radius 3 is 2.71 bits per heavy atom. The van der Waals surface area contributed by atoms with Crippen molar-refractivity contribution in [2.45, 2.75) is 6.42 Å². The summed E-state index contributed by atoms with van der Waals surface area (Å²) in [6.07, 6.45) is 3.67. The summed E-state index contributed by atoms with van der Waals surface area (Å²) in [6, 6.07) is 12.4. The van der Waals surface area contributed by atoms with E-state index >= 15 is 0 Å². The number of aromatic hydroxyl groups is 1. The number of amides is 1. The zero-order chi connectivity index (χ0) is 17.4. The van der Waals surface area contributed by atoms with Gasteiger partial charge in [0.05, 0.1) is 12.8 Å². The monoisotopic (exact) mass is 343 g/mol. The first-order valence-electron chi connectivity index (χ1n) is 7.33. The molecule has 0 saturated heterocycles. The van der Waals surface area contributed by atoms with Crippen molar-refractivity contribution in [1.29, 1.82) is 0 Å². The molecule has 124 valence electrons. The van der Waals surface area contributed by atoms with Crippen molar-refractivity contribution < 1.29 is 9.90 Å². The number of allylic oxidation sites excluding steroid dienone is 1. The van der Waals surface area contributed by atoms with E-state index in [9.17, 15) is 9.90 Å². The first-order valence-corrected chi connectivity index (χ1v) is 7.71. The molecule has 24 heavy (non-hydrogen) atoms. The van der Waals surface area contributed by atoms with Gasteiger partial charge in [-0.3, -0.25) is 4.79 Å². The van der Waals surface area contributed by atoms with Crippen molar-refractivity contribution in [2.75, 3.05) is 11.9 Å². The Morgan fingerprint density at radius 2 is 2.00 bits per heavy atom. The summed E-state index contributed by atoms with van der Waals surface area (Å²) in [5, 5.41) is 17.5.